The molecule has 2 aromatic heterocycles. The normalized spacial score (nSPS) is 14.2. The molecule has 0 spiro atoms. The van der Waals surface area contributed by atoms with E-state index in [0.29, 0.717) is 48.8 Å². The molecule has 0 aliphatic carbocycles. The largest absolute Gasteiger partial charge is 0.484 e. The third kappa shape index (κ3) is 6.13. The Labute approximate surface area is 247 Å². The van der Waals surface area contributed by atoms with E-state index in [-0.39, 0.29) is 18.1 Å². The molecule has 1 aliphatic rings. The minimum atomic E-state index is -0.398. The molecule has 41 heavy (non-hydrogen) atoms. The van der Waals surface area contributed by atoms with Crippen molar-refractivity contribution < 1.29 is 14.3 Å². The van der Waals surface area contributed by atoms with Gasteiger partial charge in [-0.25, -0.2) is 4.98 Å². The van der Waals surface area contributed by atoms with E-state index in [1.54, 1.807) is 17.2 Å². The second-order valence-corrected chi connectivity index (χ2v) is 12.1. The molecule has 10 heteroatoms. The number of hydrogen-bond donors (Lipinski definition) is 0. The Bertz CT molecular complexity index is 1680. The fraction of sp³-hybridized carbons (Fsp3) is 0.355. The summed E-state index contributed by atoms with van der Waals surface area (Å²) in [7, 11) is 0. The predicted octanol–water partition coefficient (Wildman–Crippen LogP) is 4.98. The Morgan fingerprint density at radius 3 is 2.49 bits per heavy atom. The predicted molar refractivity (Wildman–Crippen MR) is 164 cm³/mol. The van der Waals surface area contributed by atoms with Gasteiger partial charge in [-0.1, -0.05) is 36.7 Å². The molecule has 9 nitrogen and oxygen atoms in total. The summed E-state index contributed by atoms with van der Waals surface area (Å²) in [4.78, 5) is 32.5. The maximum atomic E-state index is 13.5. The lowest BCUT2D eigenvalue weighted by atomic mass is 9.95. The zero-order chi connectivity index (χ0) is 29.3. The lowest BCUT2D eigenvalue weighted by Crippen LogP contribution is -2.42. The van der Waals surface area contributed by atoms with Crippen molar-refractivity contribution >= 4 is 39.0 Å². The van der Waals surface area contributed by atoms with E-state index in [9.17, 15) is 9.59 Å². The maximum absolute atomic E-state index is 13.5. The van der Waals surface area contributed by atoms with Gasteiger partial charge in [0.25, 0.3) is 11.5 Å². The highest BCUT2D eigenvalue weighted by molar-refractivity contribution is 9.10. The number of fused-ring (bicyclic) bond motifs is 1. The van der Waals surface area contributed by atoms with Gasteiger partial charge in [-0.05, 0) is 62.4 Å². The van der Waals surface area contributed by atoms with Gasteiger partial charge in [-0.2, -0.15) is 9.78 Å². The third-order valence-corrected chi connectivity index (χ3v) is 7.58. The molecule has 0 saturated carbocycles. The summed E-state index contributed by atoms with van der Waals surface area (Å²) in [5, 5.41) is 5.15. The molecule has 0 radical (unpaired) electrons. The van der Waals surface area contributed by atoms with Crippen LogP contribution in [-0.4, -0.2) is 64.2 Å². The minimum Gasteiger partial charge on any atom is -0.484 e. The van der Waals surface area contributed by atoms with Gasteiger partial charge in [-0.15, -0.1) is 0 Å². The van der Waals surface area contributed by atoms with E-state index in [1.807, 2.05) is 77.1 Å². The van der Waals surface area contributed by atoms with Crippen LogP contribution in [0.1, 0.15) is 43.5 Å². The second kappa shape index (κ2) is 11.6. The smallest absolute Gasteiger partial charge is 0.282 e. The first-order valence-corrected chi connectivity index (χ1v) is 14.4. The number of nitrogens with zero attached hydrogens (tertiary/aromatic N) is 5. The van der Waals surface area contributed by atoms with Crippen LogP contribution in [0.15, 0.2) is 62.9 Å². The standard InChI is InChI=1S/C31H34BrN5O4/c1-20-16-22(18-33-37-29(39)26-17-23(32)6-11-27(26)34-30(37)31(3,4)5)21(2)36(20)24-7-9-25(10-8-24)41-19-28(38)35-12-14-40-15-13-35/h6-11,16-18H,12-15,19H2,1-5H3. The van der Waals surface area contributed by atoms with Gasteiger partial charge in [0.05, 0.1) is 30.3 Å². The molecule has 2 aromatic carbocycles. The maximum Gasteiger partial charge on any atom is 0.282 e. The topological polar surface area (TPSA) is 90.9 Å². The number of morpholine rings is 1. The van der Waals surface area contributed by atoms with Gasteiger partial charge in [0.15, 0.2) is 6.61 Å². The summed E-state index contributed by atoms with van der Waals surface area (Å²) in [6, 6.07) is 15.2. The molecule has 4 aromatic rings. The quantitative estimate of drug-likeness (QED) is 0.284. The lowest BCUT2D eigenvalue weighted by Gasteiger charge is -2.26. The number of hydrogen-bond acceptors (Lipinski definition) is 6. The Morgan fingerprint density at radius 1 is 1.10 bits per heavy atom. The van der Waals surface area contributed by atoms with E-state index in [4.69, 9.17) is 14.5 Å². The van der Waals surface area contributed by atoms with Gasteiger partial charge in [0.2, 0.25) is 0 Å². The fourth-order valence-corrected chi connectivity index (χ4v) is 5.28. The molecule has 1 fully saturated rings. The van der Waals surface area contributed by atoms with E-state index in [1.165, 1.54) is 4.68 Å². The van der Waals surface area contributed by atoms with Crippen LogP contribution in [0.2, 0.25) is 0 Å². The van der Waals surface area contributed by atoms with Crippen LogP contribution >= 0.6 is 15.9 Å². The number of amides is 1. The van der Waals surface area contributed by atoms with Crippen LogP contribution < -0.4 is 10.3 Å². The molecule has 1 amide bonds. The average molecular weight is 621 g/mol. The monoisotopic (exact) mass is 619 g/mol. The Morgan fingerprint density at radius 2 is 1.80 bits per heavy atom. The van der Waals surface area contributed by atoms with E-state index >= 15 is 0 Å². The summed E-state index contributed by atoms with van der Waals surface area (Å²) in [5.41, 5.74) is 3.87. The molecule has 5 rings (SSSR count). The van der Waals surface area contributed by atoms with Crippen molar-refractivity contribution in [3.8, 4) is 11.4 Å². The molecule has 0 unspecified atom stereocenters. The summed E-state index contributed by atoms with van der Waals surface area (Å²) in [5.74, 6) is 1.18. The molecule has 0 bridgehead atoms. The van der Waals surface area contributed by atoms with Crippen molar-refractivity contribution in [2.45, 2.75) is 40.0 Å². The highest BCUT2D eigenvalue weighted by Crippen LogP contribution is 2.25. The SMILES string of the molecule is Cc1cc(C=Nn2c(C(C)(C)C)nc3ccc(Br)cc3c2=O)c(C)n1-c1ccc(OCC(=O)N2CCOCC2)cc1. The van der Waals surface area contributed by atoms with Crippen LogP contribution in [-0.2, 0) is 14.9 Å². The van der Waals surface area contributed by atoms with Crippen LogP contribution in [0.25, 0.3) is 16.6 Å². The average Bonchev–Trinajstić information content (AvgIpc) is 3.24. The zero-order valence-electron chi connectivity index (χ0n) is 24.0. The summed E-state index contributed by atoms with van der Waals surface area (Å²) in [6.45, 7) is 12.4. The third-order valence-electron chi connectivity index (χ3n) is 7.08. The van der Waals surface area contributed by atoms with Crippen molar-refractivity contribution in [1.82, 2.24) is 19.1 Å². The van der Waals surface area contributed by atoms with Gasteiger partial charge in [0, 0.05) is 45.6 Å². The highest BCUT2D eigenvalue weighted by Gasteiger charge is 2.23. The van der Waals surface area contributed by atoms with Gasteiger partial charge in [-0.3, -0.25) is 9.59 Å². The Hall–Kier alpha value is -3.76. The first-order chi connectivity index (χ1) is 19.5. The number of benzene rings is 2. The Balaban J connectivity index is 1.39. The number of halogens is 1. The molecule has 0 N–H and O–H groups in total. The number of carbonyl (C=O) groups is 1. The van der Waals surface area contributed by atoms with Crippen molar-refractivity contribution in [2.24, 2.45) is 5.10 Å². The number of carbonyl (C=O) groups excluding carboxylic acids is 1. The van der Waals surface area contributed by atoms with Crippen LogP contribution in [0.4, 0.5) is 0 Å². The highest BCUT2D eigenvalue weighted by atomic mass is 79.9. The van der Waals surface area contributed by atoms with Gasteiger partial charge >= 0.3 is 0 Å². The van der Waals surface area contributed by atoms with Crippen LogP contribution in [0.3, 0.4) is 0 Å². The first-order valence-electron chi connectivity index (χ1n) is 13.6. The molecule has 1 aliphatic heterocycles. The molecular weight excluding hydrogens is 586 g/mol. The summed E-state index contributed by atoms with van der Waals surface area (Å²) >= 11 is 3.46. The Kier molecular flexibility index (Phi) is 8.15. The number of rotatable bonds is 6. The zero-order valence-corrected chi connectivity index (χ0v) is 25.6. The molecule has 0 atom stereocenters. The number of aromatic nitrogens is 3. The van der Waals surface area contributed by atoms with Crippen LogP contribution in [0.5, 0.6) is 5.75 Å². The van der Waals surface area contributed by atoms with Crippen molar-refractivity contribution in [3.63, 3.8) is 0 Å². The molecule has 1 saturated heterocycles. The molecule has 214 valence electrons. The summed E-state index contributed by atoms with van der Waals surface area (Å²) < 4.78 is 15.4. The van der Waals surface area contributed by atoms with Gasteiger partial charge < -0.3 is 18.9 Å². The second-order valence-electron chi connectivity index (χ2n) is 11.1. The summed E-state index contributed by atoms with van der Waals surface area (Å²) in [6.07, 6.45) is 1.72. The minimum absolute atomic E-state index is 0.00195. The number of ether oxygens (including phenoxy) is 2. The molecular formula is C31H34BrN5O4. The fourth-order valence-electron chi connectivity index (χ4n) is 4.92. The number of aryl methyl sites for hydroxylation is 1. The van der Waals surface area contributed by atoms with Crippen LogP contribution in [0, 0.1) is 13.8 Å². The van der Waals surface area contributed by atoms with E-state index < -0.39 is 5.41 Å². The van der Waals surface area contributed by atoms with Crippen molar-refractivity contribution in [2.75, 3.05) is 32.9 Å². The van der Waals surface area contributed by atoms with E-state index in [0.717, 1.165) is 27.1 Å². The molecule has 3 heterocycles. The van der Waals surface area contributed by atoms with Gasteiger partial charge in [0.1, 0.15) is 11.6 Å². The first kappa shape index (κ1) is 28.8. The van der Waals surface area contributed by atoms with Crippen molar-refractivity contribution in [1.29, 1.82) is 0 Å². The van der Waals surface area contributed by atoms with E-state index in [2.05, 4.69) is 25.6 Å². The lowest BCUT2D eigenvalue weighted by molar-refractivity contribution is -0.137. The van der Waals surface area contributed by atoms with Crippen molar-refractivity contribution in [3.05, 3.63) is 86.1 Å².